The third-order valence-corrected chi connectivity index (χ3v) is 19.0. The maximum atomic E-state index is 13.1. The maximum Gasteiger partial charge on any atom is 0.472 e. The monoisotopic (exact) mass is 1450 g/mol. The van der Waals surface area contributed by atoms with E-state index in [1.165, 1.54) is 141 Å². The molecule has 0 aromatic rings. The second kappa shape index (κ2) is 73.8. The fourth-order valence-corrected chi connectivity index (χ4v) is 12.5. The Hall–Kier alpha value is -3.50. The van der Waals surface area contributed by atoms with E-state index in [4.69, 9.17) is 37.0 Å². The van der Waals surface area contributed by atoms with Gasteiger partial charge in [-0.15, -0.1) is 0 Å². The number of esters is 4. The molecule has 0 bridgehead atoms. The van der Waals surface area contributed by atoms with Crippen LogP contribution in [0.25, 0.3) is 0 Å². The van der Waals surface area contributed by atoms with Gasteiger partial charge in [0.25, 0.3) is 0 Å². The second-order valence-corrected chi connectivity index (χ2v) is 29.9. The van der Waals surface area contributed by atoms with Crippen molar-refractivity contribution in [1.82, 2.24) is 0 Å². The van der Waals surface area contributed by atoms with Gasteiger partial charge in [-0.3, -0.25) is 37.3 Å². The molecule has 17 nitrogen and oxygen atoms in total. The molecule has 0 saturated carbocycles. The van der Waals surface area contributed by atoms with Crippen molar-refractivity contribution < 1.29 is 80.2 Å². The summed E-state index contributed by atoms with van der Waals surface area (Å²) in [6, 6.07) is 0. The summed E-state index contributed by atoms with van der Waals surface area (Å²) in [4.78, 5) is 72.9. The molecule has 0 aromatic carbocycles. The number of ether oxygens (including phenoxy) is 4. The minimum absolute atomic E-state index is 0.0761. The fourth-order valence-electron chi connectivity index (χ4n) is 11.0. The van der Waals surface area contributed by atoms with Crippen LogP contribution >= 0.6 is 15.6 Å². The Bertz CT molecular complexity index is 2180. The number of phosphoric acid groups is 2. The van der Waals surface area contributed by atoms with E-state index >= 15 is 0 Å². The molecule has 2 unspecified atom stereocenters. The Morgan fingerprint density at radius 3 is 0.830 bits per heavy atom. The van der Waals surface area contributed by atoms with E-state index < -0.39 is 97.5 Å². The van der Waals surface area contributed by atoms with Gasteiger partial charge in [0, 0.05) is 25.7 Å². The molecule has 0 aromatic heterocycles. The van der Waals surface area contributed by atoms with Crippen LogP contribution in [0, 0.1) is 0 Å². The van der Waals surface area contributed by atoms with Crippen molar-refractivity contribution in [3.63, 3.8) is 0 Å². The van der Waals surface area contributed by atoms with E-state index in [0.717, 1.165) is 135 Å². The summed E-state index contributed by atoms with van der Waals surface area (Å²) in [6.45, 7) is 4.81. The summed E-state index contributed by atoms with van der Waals surface area (Å²) in [6.07, 6.45) is 74.5. The predicted octanol–water partition coefficient (Wildman–Crippen LogP) is 23.2. The van der Waals surface area contributed by atoms with Crippen LogP contribution in [-0.4, -0.2) is 96.7 Å². The van der Waals surface area contributed by atoms with Crippen LogP contribution in [0.5, 0.6) is 0 Å². The van der Waals surface area contributed by atoms with Crippen LogP contribution in [0.1, 0.15) is 362 Å². The number of phosphoric ester groups is 2. The number of allylic oxidation sites excluding steroid dienone is 12. The first-order valence-electron chi connectivity index (χ1n) is 40.2. The zero-order chi connectivity index (χ0) is 73.2. The Kier molecular flexibility index (Phi) is 71.2. The largest absolute Gasteiger partial charge is 0.472 e. The van der Waals surface area contributed by atoms with E-state index in [-0.39, 0.29) is 25.7 Å². The van der Waals surface area contributed by atoms with Crippen LogP contribution in [0.3, 0.4) is 0 Å². The summed E-state index contributed by atoms with van der Waals surface area (Å²) in [5, 5.41) is 10.6. The van der Waals surface area contributed by atoms with Gasteiger partial charge in [0.2, 0.25) is 0 Å². The molecule has 582 valence electrons. The maximum absolute atomic E-state index is 13.1. The zero-order valence-electron chi connectivity index (χ0n) is 63.6. The van der Waals surface area contributed by atoms with Crippen LogP contribution < -0.4 is 0 Å². The Balaban J connectivity index is 5.38. The first-order valence-corrected chi connectivity index (χ1v) is 43.2. The van der Waals surface area contributed by atoms with Crippen molar-refractivity contribution in [3.05, 3.63) is 72.9 Å². The number of unbranched alkanes of at least 4 members (excludes halogenated alkanes) is 38. The topological polar surface area (TPSA) is 237 Å². The first-order chi connectivity index (χ1) is 48.7. The molecule has 0 heterocycles. The highest BCUT2D eigenvalue weighted by Gasteiger charge is 2.30. The van der Waals surface area contributed by atoms with Crippen LogP contribution in [0.4, 0.5) is 0 Å². The third kappa shape index (κ3) is 72.8. The smallest absolute Gasteiger partial charge is 0.462 e. The highest BCUT2D eigenvalue weighted by atomic mass is 31.2. The summed E-state index contributed by atoms with van der Waals surface area (Å²) in [5.74, 6) is -2.23. The van der Waals surface area contributed by atoms with Crippen LogP contribution in [0.2, 0.25) is 0 Å². The van der Waals surface area contributed by atoms with Crippen molar-refractivity contribution in [2.75, 3.05) is 39.6 Å². The van der Waals surface area contributed by atoms with Gasteiger partial charge >= 0.3 is 39.5 Å². The Morgan fingerprint density at radius 2 is 0.500 bits per heavy atom. The van der Waals surface area contributed by atoms with Crippen molar-refractivity contribution in [3.8, 4) is 0 Å². The molecule has 3 N–H and O–H groups in total. The van der Waals surface area contributed by atoms with Gasteiger partial charge < -0.3 is 33.8 Å². The average molecular weight is 1450 g/mol. The van der Waals surface area contributed by atoms with Crippen molar-refractivity contribution in [1.29, 1.82) is 0 Å². The van der Waals surface area contributed by atoms with Gasteiger partial charge in [-0.05, 0) is 116 Å². The lowest BCUT2D eigenvalue weighted by molar-refractivity contribution is -0.161. The molecule has 5 atom stereocenters. The molecule has 0 radical (unpaired) electrons. The van der Waals surface area contributed by atoms with Gasteiger partial charge in [-0.25, -0.2) is 9.13 Å². The molecule has 0 aliphatic rings. The van der Waals surface area contributed by atoms with Gasteiger partial charge in [-0.2, -0.15) is 0 Å². The number of carbonyl (C=O) groups excluding carboxylic acids is 4. The van der Waals surface area contributed by atoms with E-state index in [9.17, 15) is 43.2 Å². The normalized spacial score (nSPS) is 14.3. The minimum atomic E-state index is -4.98. The highest BCUT2D eigenvalue weighted by Crippen LogP contribution is 2.45. The molecule has 0 amide bonds. The summed E-state index contributed by atoms with van der Waals surface area (Å²) in [7, 11) is -9.96. The number of hydrogen-bond donors (Lipinski definition) is 3. The van der Waals surface area contributed by atoms with Crippen LogP contribution in [-0.2, 0) is 65.4 Å². The van der Waals surface area contributed by atoms with Crippen molar-refractivity contribution in [2.24, 2.45) is 0 Å². The summed E-state index contributed by atoms with van der Waals surface area (Å²) >= 11 is 0. The number of aliphatic hydroxyl groups is 1. The number of carbonyl (C=O) groups is 4. The van der Waals surface area contributed by atoms with Crippen molar-refractivity contribution in [2.45, 2.75) is 380 Å². The molecular formula is C81H146O17P2. The molecule has 0 spiro atoms. The molecule has 0 aliphatic carbocycles. The van der Waals surface area contributed by atoms with Gasteiger partial charge in [-0.1, -0.05) is 293 Å². The second-order valence-electron chi connectivity index (χ2n) is 27.0. The van der Waals surface area contributed by atoms with E-state index in [1.807, 2.05) is 12.2 Å². The van der Waals surface area contributed by atoms with Gasteiger partial charge in [0.1, 0.15) is 19.3 Å². The lowest BCUT2D eigenvalue weighted by Gasteiger charge is -2.21. The van der Waals surface area contributed by atoms with Gasteiger partial charge in [0.15, 0.2) is 12.2 Å². The lowest BCUT2D eigenvalue weighted by Crippen LogP contribution is -2.30. The number of rotatable bonds is 76. The third-order valence-electron chi connectivity index (χ3n) is 17.1. The highest BCUT2D eigenvalue weighted by molar-refractivity contribution is 7.47. The Labute approximate surface area is 609 Å². The van der Waals surface area contributed by atoms with E-state index in [1.54, 1.807) is 0 Å². The zero-order valence-corrected chi connectivity index (χ0v) is 65.4. The average Bonchev–Trinajstić information content (AvgIpc) is 0.945. The molecule has 0 fully saturated rings. The molecule has 0 saturated heterocycles. The number of aliphatic hydroxyl groups excluding tert-OH is 1. The van der Waals surface area contributed by atoms with E-state index in [2.05, 4.69) is 88.5 Å². The summed E-state index contributed by atoms with van der Waals surface area (Å²) in [5.41, 5.74) is 0. The lowest BCUT2D eigenvalue weighted by atomic mass is 10.0. The Morgan fingerprint density at radius 1 is 0.280 bits per heavy atom. The standard InChI is InChI=1S/C81H146O17P2/c1-5-9-13-17-21-25-29-33-36-37-40-42-46-50-54-58-62-66-79(84)92-72-77(98-81(86)68-64-60-56-52-48-44-39-35-31-27-23-19-15-11-7-3)74-96-100(89,90)94-70-75(82)69-93-99(87,88)95-73-76(71-91-78(83)65-61-57-53-49-45-41-32-28-24-20-16-12-8-4)97-80(85)67-63-59-55-51-47-43-38-34-30-26-22-18-14-10-6-2/h21,25-26,30,33,35-36,39-40,42,50,54,75-77,82H,5-20,22-24,27-29,31-32,34,37-38,41,43-49,51-53,55-74H2,1-4H3,(H,87,88)(H,89,90)/b25-21-,30-26-,36-33-,39-35-,42-40-,54-50-/t75-,76+,77+/m0/s1. The number of hydrogen-bond acceptors (Lipinski definition) is 15. The molecule has 0 rings (SSSR count). The molecule has 100 heavy (non-hydrogen) atoms. The minimum Gasteiger partial charge on any atom is -0.462 e. The SMILES string of the molecule is CCCCC/C=C\C/C=C\C/C=C\C/C=C\CCCC(=O)OC[C@H](COP(=O)(O)OC[C@@H](O)COP(=O)(O)OC[C@@H](COC(=O)CCCCCCCCCCCCCCC)OC(=O)CCCCCCCCC/C=C\CCCCCC)OC(=O)CCCCCCC/C=C\CCCCCCCC. The predicted molar refractivity (Wildman–Crippen MR) is 409 cm³/mol. The van der Waals surface area contributed by atoms with Crippen molar-refractivity contribution >= 4 is 39.5 Å². The van der Waals surface area contributed by atoms with Gasteiger partial charge in [0.05, 0.1) is 26.4 Å². The van der Waals surface area contributed by atoms with Crippen LogP contribution in [0.15, 0.2) is 72.9 Å². The summed E-state index contributed by atoms with van der Waals surface area (Å²) < 4.78 is 68.5. The fraction of sp³-hybridized carbons (Fsp3) is 0.802. The first kappa shape index (κ1) is 96.5. The molecule has 19 heteroatoms. The quantitative estimate of drug-likeness (QED) is 0.0169. The molecular weight excluding hydrogens is 1310 g/mol. The molecule has 0 aliphatic heterocycles. The van der Waals surface area contributed by atoms with E-state index in [0.29, 0.717) is 32.1 Å².